The first-order chi connectivity index (χ1) is 70.7. The Morgan fingerprint density at radius 3 is 0.760 bits per heavy atom. The van der Waals surface area contributed by atoms with E-state index < -0.39 is 0 Å². The molecule has 5 aliphatic rings. The summed E-state index contributed by atoms with van der Waals surface area (Å²) in [4.78, 5) is 78.9. The van der Waals surface area contributed by atoms with E-state index >= 15 is 0 Å². The van der Waals surface area contributed by atoms with Gasteiger partial charge < -0.3 is 56.4 Å². The van der Waals surface area contributed by atoms with Gasteiger partial charge in [0, 0.05) is 155 Å². The molecule has 5 atom stereocenters. The first-order valence-corrected chi connectivity index (χ1v) is 50.1. The minimum atomic E-state index is 0.0273. The average Bonchev–Trinajstić information content (AvgIpc) is 1.57. The van der Waals surface area contributed by atoms with E-state index in [9.17, 15) is 0 Å². The molecule has 0 fully saturated rings. The maximum absolute atomic E-state index is 6.37. The topological polar surface area (TPSA) is 253 Å². The molecule has 0 aliphatic carbocycles. The normalized spacial score (nSPS) is 16.2. The zero-order valence-electron chi connectivity index (χ0n) is 85.8. The van der Waals surface area contributed by atoms with Gasteiger partial charge in [0.05, 0.1) is 45.5 Å². The van der Waals surface area contributed by atoms with Crippen molar-refractivity contribution in [3.05, 3.63) is 318 Å². The number of hydrogen-bond donors (Lipinski definition) is 0. The first kappa shape index (κ1) is 92.6. The van der Waals surface area contributed by atoms with Crippen LogP contribution in [0.15, 0.2) is 284 Å². The molecular formula is C119H114N22O5. The van der Waals surface area contributed by atoms with Crippen molar-refractivity contribution in [2.24, 2.45) is 0 Å². The van der Waals surface area contributed by atoms with E-state index in [2.05, 4.69) is 362 Å². The summed E-state index contributed by atoms with van der Waals surface area (Å²) < 4.78 is 31.7. The smallest absolute Gasteiger partial charge is 0.227 e. The third-order valence-corrected chi connectivity index (χ3v) is 28.9. The molecule has 0 spiro atoms. The van der Waals surface area contributed by atoms with Gasteiger partial charge in [0.25, 0.3) is 0 Å². The summed E-state index contributed by atoms with van der Waals surface area (Å²) in [6, 6.07) is 76.3. The van der Waals surface area contributed by atoms with Crippen LogP contribution in [0.2, 0.25) is 0 Å². The van der Waals surface area contributed by atoms with Crippen molar-refractivity contribution in [1.29, 1.82) is 0 Å². The van der Waals surface area contributed by atoms with Crippen LogP contribution in [-0.4, -0.2) is 109 Å². The summed E-state index contributed by atoms with van der Waals surface area (Å²) in [7, 11) is 0. The van der Waals surface area contributed by atoms with Crippen LogP contribution < -0.4 is 49.0 Å². The summed E-state index contributed by atoms with van der Waals surface area (Å²) in [6.45, 7) is 44.7. The third kappa shape index (κ3) is 15.2. The molecule has 0 saturated carbocycles. The Morgan fingerprint density at radius 1 is 0.205 bits per heavy atom. The van der Waals surface area contributed by atoms with Gasteiger partial charge in [-0.25, -0.2) is 59.8 Å². The molecule has 0 saturated heterocycles. The summed E-state index contributed by atoms with van der Waals surface area (Å²) in [6.07, 6.45) is 12.9. The molecular weight excluding hydrogens is 1820 g/mol. The summed E-state index contributed by atoms with van der Waals surface area (Å²) in [5.74, 6) is 6.44. The van der Waals surface area contributed by atoms with Crippen molar-refractivity contribution in [2.75, 3.05) is 49.0 Å². The van der Waals surface area contributed by atoms with Gasteiger partial charge >= 0.3 is 0 Å². The molecule has 5 unspecified atom stereocenters. The number of anilines is 17. The lowest BCUT2D eigenvalue weighted by Gasteiger charge is -2.33. The lowest BCUT2D eigenvalue weighted by atomic mass is 10.1. The standard InChI is InChI=1S/2C26H22N4O.C23H24N4O.2C22H23N5O/c1-16-11-13-20-21-14-12-17(2)28-26(21)31-24(20)23(16)30-18(3)29(19-8-5-4-6-9-19)25-22(30)10-7-15-27-25;1-16-11-13-20-21-14-12-17(2)28-26(21)31-24(20)23(16)30-18(3)29(19-8-5-4-6-9-19)22-10-7-15-27-25(22)30;1-13(2)26-16(5)27(19-7-6-12-24-22(19)26)20-14(3)8-10-17-18-11-9-15(4)25-23(18)28-21(17)20;2*1-12(2)26-15(5)27(21-20(26)23-10-11-24-21)18-13(3)6-8-16-17-9-7-14(4)25-22(17)28-19(16)18/h2*4-15,18H,1-3H3;6-13,16H,1-5H3;2*6-12,15H,1-5H3. The van der Waals surface area contributed by atoms with Crippen LogP contribution in [0.4, 0.5) is 97.6 Å². The Kier molecular flexibility index (Phi) is 23.1. The summed E-state index contributed by atoms with van der Waals surface area (Å²) >= 11 is 0. The van der Waals surface area contributed by atoms with Gasteiger partial charge in [-0.3, -0.25) is 14.7 Å². The molecule has 27 heteroatoms. The van der Waals surface area contributed by atoms with Crippen molar-refractivity contribution in [2.45, 2.75) is 194 Å². The highest BCUT2D eigenvalue weighted by Gasteiger charge is 2.46. The molecule has 22 aromatic rings. The van der Waals surface area contributed by atoms with Crippen LogP contribution in [0.5, 0.6) is 0 Å². The number of furan rings is 5. The van der Waals surface area contributed by atoms with Crippen LogP contribution in [0.3, 0.4) is 0 Å². The Balaban J connectivity index is 0.000000101. The summed E-state index contributed by atoms with van der Waals surface area (Å²) in [5.41, 5.74) is 29.0. The van der Waals surface area contributed by atoms with E-state index in [0.717, 1.165) is 230 Å². The van der Waals surface area contributed by atoms with Crippen LogP contribution in [0.1, 0.15) is 132 Å². The van der Waals surface area contributed by atoms with E-state index in [0.29, 0.717) is 46.7 Å². The number of hydrogen-bond acceptors (Lipinski definition) is 27. The van der Waals surface area contributed by atoms with Gasteiger partial charge in [0.15, 0.2) is 68.6 Å². The fourth-order valence-electron chi connectivity index (χ4n) is 22.5. The zero-order valence-corrected chi connectivity index (χ0v) is 85.8. The molecule has 27 nitrogen and oxygen atoms in total. The van der Waals surface area contributed by atoms with Crippen molar-refractivity contribution >= 4 is 208 Å². The Labute approximate surface area is 846 Å². The van der Waals surface area contributed by atoms with E-state index in [-0.39, 0.29) is 30.8 Å². The molecule has 0 bridgehead atoms. The highest BCUT2D eigenvalue weighted by molar-refractivity contribution is 6.15. The van der Waals surface area contributed by atoms with Crippen LogP contribution in [-0.2, 0) is 0 Å². The fourth-order valence-corrected chi connectivity index (χ4v) is 22.5. The number of benzene rings is 7. The van der Waals surface area contributed by atoms with Crippen molar-refractivity contribution in [3.63, 3.8) is 0 Å². The molecule has 20 heterocycles. The second-order valence-corrected chi connectivity index (χ2v) is 39.4. The molecule has 146 heavy (non-hydrogen) atoms. The van der Waals surface area contributed by atoms with Crippen LogP contribution in [0, 0.1) is 69.2 Å². The second kappa shape index (κ2) is 36.4. The number of para-hydroxylation sites is 2. The van der Waals surface area contributed by atoms with Crippen LogP contribution in [0.25, 0.3) is 110 Å². The van der Waals surface area contributed by atoms with E-state index in [1.807, 2.05) is 114 Å². The highest BCUT2D eigenvalue weighted by atomic mass is 16.4. The number of fused-ring (bicyclic) bond motifs is 20. The van der Waals surface area contributed by atoms with E-state index in [4.69, 9.17) is 37.0 Å². The molecule has 0 amide bonds. The number of pyridine rings is 8. The minimum absolute atomic E-state index is 0.0273. The van der Waals surface area contributed by atoms with Gasteiger partial charge in [-0.2, -0.15) is 0 Å². The van der Waals surface area contributed by atoms with Crippen molar-refractivity contribution in [3.8, 4) is 0 Å². The first-order valence-electron chi connectivity index (χ1n) is 50.1. The molecule has 27 rings (SSSR count). The van der Waals surface area contributed by atoms with Crippen molar-refractivity contribution < 1.29 is 22.1 Å². The number of aryl methyl sites for hydroxylation is 10. The number of nitrogens with zero attached hydrogens (tertiary/aromatic N) is 22. The molecule has 730 valence electrons. The number of aromatic nitrogens is 12. The largest absolute Gasteiger partial charge is 0.435 e. The lowest BCUT2D eigenvalue weighted by molar-refractivity contribution is 0.597. The van der Waals surface area contributed by atoms with Gasteiger partial charge in [-0.1, -0.05) is 97.1 Å². The van der Waals surface area contributed by atoms with Gasteiger partial charge in [0.1, 0.15) is 30.8 Å². The number of rotatable bonds is 10. The van der Waals surface area contributed by atoms with Crippen molar-refractivity contribution in [1.82, 2.24) is 59.8 Å². The predicted octanol–water partition coefficient (Wildman–Crippen LogP) is 29.2. The average molecular weight is 1930 g/mol. The molecule has 15 aromatic heterocycles. The van der Waals surface area contributed by atoms with Crippen LogP contribution >= 0.6 is 0 Å². The molecule has 5 aliphatic heterocycles. The molecule has 0 N–H and O–H groups in total. The van der Waals surface area contributed by atoms with Gasteiger partial charge in [-0.05, 0) is 295 Å². The minimum Gasteiger partial charge on any atom is -0.435 e. The third-order valence-electron chi connectivity index (χ3n) is 28.9. The Bertz CT molecular complexity index is 8200. The second-order valence-electron chi connectivity index (χ2n) is 39.4. The maximum atomic E-state index is 6.37. The predicted molar refractivity (Wildman–Crippen MR) is 590 cm³/mol. The van der Waals surface area contributed by atoms with E-state index in [1.54, 1.807) is 24.8 Å². The van der Waals surface area contributed by atoms with Gasteiger partial charge in [0.2, 0.25) is 28.6 Å². The Hall–Kier alpha value is -17.1. The SMILES string of the molecule is Cc1ccc2c(n1)oc1c(N3c4cccnc4N(C(C)C)C3C)c(C)ccc12.Cc1ccc2c(n1)oc1c(N3c4cccnc4N(c4ccccc4)C3C)c(C)ccc12.Cc1ccc2c(n1)oc1c(N3c4ncccc4N(c4ccccc4)C3C)c(C)ccc12.Cc1ccc2c(n1)oc1c(N3c4nccnc4N(C(C)C)C3C)c(C)ccc12.Cc1ccc2c(n1)oc1c(N3c4nccnc4N(C(C)C)C3C)c(C)ccc12. The zero-order chi connectivity index (χ0) is 101. The monoisotopic (exact) mass is 1930 g/mol. The fraction of sp³-hybridized carbons (Fsp3) is 0.244. The highest BCUT2D eigenvalue weighted by Crippen LogP contribution is 2.56. The van der Waals surface area contributed by atoms with E-state index in [1.165, 1.54) is 5.56 Å². The lowest BCUT2D eigenvalue weighted by Crippen LogP contribution is -2.42. The van der Waals surface area contributed by atoms with Gasteiger partial charge in [-0.15, -0.1) is 0 Å². The Morgan fingerprint density at radius 2 is 0.438 bits per heavy atom. The maximum Gasteiger partial charge on any atom is 0.227 e. The summed E-state index contributed by atoms with van der Waals surface area (Å²) in [5, 5.41) is 10.6. The molecule has 0 radical (unpaired) electrons. The quantitative estimate of drug-likeness (QED) is 0.123. The molecule has 7 aromatic carbocycles.